The van der Waals surface area contributed by atoms with Crippen LogP contribution in [0.15, 0.2) is 53.4 Å². The van der Waals surface area contributed by atoms with Crippen LogP contribution in [0.25, 0.3) is 0 Å². The van der Waals surface area contributed by atoms with Crippen LogP contribution in [0, 0.1) is 0 Å². The molecule has 118 valence electrons. The van der Waals surface area contributed by atoms with Gasteiger partial charge in [0.1, 0.15) is 5.25 Å². The molecule has 0 spiro atoms. The molecule has 2 N–H and O–H groups in total. The Morgan fingerprint density at radius 1 is 1.17 bits per heavy atom. The van der Waals surface area contributed by atoms with Crippen molar-refractivity contribution in [3.05, 3.63) is 53.6 Å². The van der Waals surface area contributed by atoms with Gasteiger partial charge in [0.2, 0.25) is 11.8 Å². The molecule has 2 amide bonds. The minimum atomic E-state index is -1.56. The number of para-hydroxylation sites is 1. The molecule has 1 aliphatic rings. The fraction of sp³-hybridized carbons (Fsp3) is 0.125. The lowest BCUT2D eigenvalue weighted by Crippen LogP contribution is -2.39. The first-order valence-electron chi connectivity index (χ1n) is 6.90. The second-order valence-corrected chi connectivity index (χ2v) is 7.07. The lowest BCUT2D eigenvalue weighted by molar-refractivity contribution is -0.120. The molecule has 0 radical (unpaired) electrons. The smallest absolute Gasteiger partial charge is 0.241 e. The number of nitrogens with one attached hydrogen (secondary N) is 2. The Labute approximate surface area is 140 Å². The van der Waals surface area contributed by atoms with Crippen LogP contribution in [0.5, 0.6) is 0 Å². The summed E-state index contributed by atoms with van der Waals surface area (Å²) in [6.07, 6.45) is -0.157. The van der Waals surface area contributed by atoms with Crippen LogP contribution in [0.2, 0.25) is 5.02 Å². The highest BCUT2D eigenvalue weighted by Gasteiger charge is 2.34. The van der Waals surface area contributed by atoms with Crippen LogP contribution >= 0.6 is 11.6 Å². The van der Waals surface area contributed by atoms with Crippen LogP contribution in [0.1, 0.15) is 6.42 Å². The molecule has 2 aromatic carbocycles. The quantitative estimate of drug-likeness (QED) is 0.895. The summed E-state index contributed by atoms with van der Waals surface area (Å²) >= 11 is 5.78. The monoisotopic (exact) mass is 348 g/mol. The van der Waals surface area contributed by atoms with Gasteiger partial charge >= 0.3 is 0 Å². The first kappa shape index (κ1) is 15.7. The number of carbonyl (C=O) groups is 2. The van der Waals surface area contributed by atoms with E-state index in [-0.39, 0.29) is 12.3 Å². The van der Waals surface area contributed by atoms with Crippen LogP contribution in [-0.4, -0.2) is 21.3 Å². The third-order valence-corrected chi connectivity index (χ3v) is 5.35. The highest BCUT2D eigenvalue weighted by Crippen LogP contribution is 2.28. The van der Waals surface area contributed by atoms with E-state index in [4.69, 9.17) is 11.6 Å². The zero-order chi connectivity index (χ0) is 16.4. The van der Waals surface area contributed by atoms with Crippen LogP contribution in [0.3, 0.4) is 0 Å². The molecule has 23 heavy (non-hydrogen) atoms. The minimum absolute atomic E-state index is 0.157. The molecule has 0 aliphatic carbocycles. The van der Waals surface area contributed by atoms with Gasteiger partial charge in [0.05, 0.1) is 27.8 Å². The Balaban J connectivity index is 1.72. The second-order valence-electron chi connectivity index (χ2n) is 5.03. The largest absolute Gasteiger partial charge is 0.326 e. The highest BCUT2D eigenvalue weighted by molar-refractivity contribution is 7.86. The van der Waals surface area contributed by atoms with Crippen molar-refractivity contribution in [1.29, 1.82) is 0 Å². The summed E-state index contributed by atoms with van der Waals surface area (Å²) in [5, 5.41) is 5.01. The van der Waals surface area contributed by atoms with Gasteiger partial charge in [-0.1, -0.05) is 23.7 Å². The van der Waals surface area contributed by atoms with E-state index < -0.39 is 22.0 Å². The van der Waals surface area contributed by atoms with Gasteiger partial charge in [-0.25, -0.2) is 0 Å². The van der Waals surface area contributed by atoms with Crippen molar-refractivity contribution in [3.8, 4) is 0 Å². The first-order valence-corrected chi connectivity index (χ1v) is 8.49. The second kappa shape index (κ2) is 6.52. The van der Waals surface area contributed by atoms with E-state index in [1.807, 2.05) is 0 Å². The third-order valence-electron chi connectivity index (χ3n) is 3.41. The average molecular weight is 349 g/mol. The van der Waals surface area contributed by atoms with E-state index in [0.29, 0.717) is 21.3 Å². The molecule has 0 aromatic heterocycles. The fourth-order valence-electron chi connectivity index (χ4n) is 2.29. The number of hydrogen-bond donors (Lipinski definition) is 2. The first-order chi connectivity index (χ1) is 11.0. The average Bonchev–Trinajstić information content (AvgIpc) is 2.54. The molecular weight excluding hydrogens is 336 g/mol. The van der Waals surface area contributed by atoms with Crippen molar-refractivity contribution in [2.75, 3.05) is 10.6 Å². The summed E-state index contributed by atoms with van der Waals surface area (Å²) in [4.78, 5) is 24.7. The van der Waals surface area contributed by atoms with E-state index in [1.54, 1.807) is 48.5 Å². The van der Waals surface area contributed by atoms with E-state index in [2.05, 4.69) is 10.6 Å². The van der Waals surface area contributed by atoms with E-state index in [1.165, 1.54) is 0 Å². The van der Waals surface area contributed by atoms with E-state index in [9.17, 15) is 13.8 Å². The van der Waals surface area contributed by atoms with Gasteiger partial charge in [-0.3, -0.25) is 13.8 Å². The van der Waals surface area contributed by atoms with Gasteiger partial charge in [0, 0.05) is 10.7 Å². The highest BCUT2D eigenvalue weighted by atomic mass is 35.5. The topological polar surface area (TPSA) is 75.3 Å². The lowest BCUT2D eigenvalue weighted by Gasteiger charge is -2.23. The number of amides is 2. The molecule has 0 saturated heterocycles. The van der Waals surface area contributed by atoms with Crippen molar-refractivity contribution < 1.29 is 13.8 Å². The van der Waals surface area contributed by atoms with Gasteiger partial charge in [0.15, 0.2) is 0 Å². The van der Waals surface area contributed by atoms with Crippen molar-refractivity contribution in [1.82, 2.24) is 0 Å². The Morgan fingerprint density at radius 2 is 1.87 bits per heavy atom. The van der Waals surface area contributed by atoms with Gasteiger partial charge in [-0.05, 0) is 36.4 Å². The number of anilines is 2. The van der Waals surface area contributed by atoms with Crippen LogP contribution < -0.4 is 10.6 Å². The molecular formula is C16H13ClN2O3S. The Hall–Kier alpha value is -2.18. The van der Waals surface area contributed by atoms with Crippen molar-refractivity contribution in [2.24, 2.45) is 0 Å². The number of carbonyl (C=O) groups excluding carboxylic acids is 2. The van der Waals surface area contributed by atoms with Gasteiger partial charge in [0.25, 0.3) is 0 Å². The summed E-state index contributed by atoms with van der Waals surface area (Å²) in [6.45, 7) is 0. The molecule has 2 atom stereocenters. The molecule has 1 aliphatic heterocycles. The minimum Gasteiger partial charge on any atom is -0.326 e. The predicted octanol–water partition coefficient (Wildman–Crippen LogP) is 2.80. The maximum absolute atomic E-state index is 12.5. The molecule has 2 aromatic rings. The Morgan fingerprint density at radius 3 is 2.61 bits per heavy atom. The normalized spacial score (nSPS) is 19.6. The summed E-state index contributed by atoms with van der Waals surface area (Å²) < 4.78 is 12.5. The lowest BCUT2D eigenvalue weighted by atomic mass is 10.2. The van der Waals surface area contributed by atoms with Crippen LogP contribution in [-0.2, 0) is 20.4 Å². The zero-order valence-corrected chi connectivity index (χ0v) is 13.5. The van der Waals surface area contributed by atoms with Gasteiger partial charge in [-0.15, -0.1) is 0 Å². The number of benzene rings is 2. The Bertz CT molecular complexity index is 792. The van der Waals surface area contributed by atoms with Gasteiger partial charge < -0.3 is 10.6 Å². The molecule has 0 unspecified atom stereocenters. The SMILES string of the molecule is O=C(C[C@@H]1C(=O)Nc2ccccc2[S@]1=O)Nc1ccc(Cl)cc1. The molecule has 3 rings (SSSR count). The number of rotatable bonds is 3. The number of fused-ring (bicyclic) bond motifs is 1. The standard InChI is InChI=1S/C16H13ClN2O3S/c17-10-5-7-11(8-6-10)18-15(20)9-14-16(21)19-12-3-1-2-4-13(12)23(14)22/h1-8,14H,9H2,(H,18,20)(H,19,21)/t14-,23-/m1/s1. The van der Waals surface area contributed by atoms with Crippen LogP contribution in [0.4, 0.5) is 11.4 Å². The summed E-state index contributed by atoms with van der Waals surface area (Å²) in [5.74, 6) is -0.784. The van der Waals surface area contributed by atoms with Crippen molar-refractivity contribution >= 4 is 45.6 Å². The third kappa shape index (κ3) is 3.43. The summed E-state index contributed by atoms with van der Waals surface area (Å²) in [7, 11) is -1.56. The van der Waals surface area contributed by atoms with Crippen molar-refractivity contribution in [2.45, 2.75) is 16.6 Å². The van der Waals surface area contributed by atoms with Crippen molar-refractivity contribution in [3.63, 3.8) is 0 Å². The molecule has 5 nitrogen and oxygen atoms in total. The molecule has 1 heterocycles. The van der Waals surface area contributed by atoms with E-state index in [0.717, 1.165) is 0 Å². The summed E-state index contributed by atoms with van der Waals surface area (Å²) in [6, 6.07) is 13.5. The Kier molecular flexibility index (Phi) is 4.45. The molecule has 0 bridgehead atoms. The maximum atomic E-state index is 12.5. The van der Waals surface area contributed by atoms with Gasteiger partial charge in [-0.2, -0.15) is 0 Å². The molecule has 7 heteroatoms. The zero-order valence-electron chi connectivity index (χ0n) is 11.9. The maximum Gasteiger partial charge on any atom is 0.241 e. The number of halogens is 1. The molecule has 0 fully saturated rings. The number of hydrogen-bond acceptors (Lipinski definition) is 3. The summed E-state index contributed by atoms with van der Waals surface area (Å²) in [5.41, 5.74) is 1.10. The fourth-order valence-corrected chi connectivity index (χ4v) is 3.83. The predicted molar refractivity (Wildman–Crippen MR) is 90.0 cm³/mol. The van der Waals surface area contributed by atoms with E-state index >= 15 is 0 Å². The molecule has 0 saturated carbocycles.